The van der Waals surface area contributed by atoms with Crippen LogP contribution < -0.4 is 5.32 Å². The molecule has 2 aliphatic rings. The third-order valence-corrected chi connectivity index (χ3v) is 4.63. The number of alkyl carbamates (subject to hydrolysis) is 1. The van der Waals surface area contributed by atoms with E-state index in [4.69, 9.17) is 4.74 Å². The van der Waals surface area contributed by atoms with Gasteiger partial charge in [-0.15, -0.1) is 0 Å². The number of amides is 2. The van der Waals surface area contributed by atoms with Crippen molar-refractivity contribution in [3.8, 4) is 0 Å². The zero-order chi connectivity index (χ0) is 17.1. The van der Waals surface area contributed by atoms with Crippen molar-refractivity contribution in [3.63, 3.8) is 0 Å². The smallest absolute Gasteiger partial charge is 0.408 e. The van der Waals surface area contributed by atoms with Crippen LogP contribution in [-0.2, 0) is 20.9 Å². The highest BCUT2D eigenvalue weighted by molar-refractivity contribution is 5.90. The lowest BCUT2D eigenvalue weighted by molar-refractivity contribution is -0.152. The maximum Gasteiger partial charge on any atom is 0.408 e. The van der Waals surface area contributed by atoms with Crippen LogP contribution in [0.4, 0.5) is 4.79 Å². The van der Waals surface area contributed by atoms with Crippen molar-refractivity contribution in [1.29, 1.82) is 0 Å². The molecule has 0 bridgehead atoms. The van der Waals surface area contributed by atoms with Gasteiger partial charge in [0, 0.05) is 6.04 Å². The molecule has 3 rings (SSSR count). The topological polar surface area (TPSA) is 95.9 Å². The largest absolute Gasteiger partial charge is 0.480 e. The number of fused-ring (bicyclic) bond motifs is 1. The minimum Gasteiger partial charge on any atom is -0.480 e. The second kappa shape index (κ2) is 6.90. The van der Waals surface area contributed by atoms with Crippen LogP contribution >= 0.6 is 0 Å². The number of carboxylic acid groups (broad SMARTS) is 1. The van der Waals surface area contributed by atoms with Gasteiger partial charge in [0.15, 0.2) is 0 Å². The van der Waals surface area contributed by atoms with Crippen LogP contribution in [0.15, 0.2) is 30.3 Å². The second-order valence-electron chi connectivity index (χ2n) is 6.17. The minimum atomic E-state index is -0.988. The SMILES string of the molecule is O=C(NC1CCC2CCC(C(=O)O)N2C1=O)OCc1ccccc1. The fraction of sp³-hybridized carbons (Fsp3) is 0.471. The van der Waals surface area contributed by atoms with Gasteiger partial charge in [-0.05, 0) is 31.2 Å². The van der Waals surface area contributed by atoms with E-state index in [9.17, 15) is 19.5 Å². The molecule has 2 amide bonds. The Kier molecular flexibility index (Phi) is 4.69. The number of hydrogen-bond acceptors (Lipinski definition) is 4. The number of ether oxygens (including phenoxy) is 1. The van der Waals surface area contributed by atoms with Crippen molar-refractivity contribution < 1.29 is 24.2 Å². The number of aliphatic carboxylic acids is 1. The summed E-state index contributed by atoms with van der Waals surface area (Å²) in [5, 5.41) is 11.8. The molecule has 128 valence electrons. The molecule has 3 atom stereocenters. The summed E-state index contributed by atoms with van der Waals surface area (Å²) in [6, 6.07) is 7.71. The number of carbonyl (C=O) groups excluding carboxylic acids is 2. The third kappa shape index (κ3) is 3.34. The number of carboxylic acids is 1. The first-order valence-corrected chi connectivity index (χ1v) is 8.08. The molecule has 0 spiro atoms. The zero-order valence-corrected chi connectivity index (χ0v) is 13.2. The molecule has 0 saturated carbocycles. The number of nitrogens with zero attached hydrogens (tertiary/aromatic N) is 1. The quantitative estimate of drug-likeness (QED) is 0.871. The summed E-state index contributed by atoms with van der Waals surface area (Å²) in [5.74, 6) is -1.31. The number of rotatable bonds is 4. The normalized spacial score (nSPS) is 25.9. The maximum absolute atomic E-state index is 12.5. The van der Waals surface area contributed by atoms with Crippen LogP contribution in [-0.4, -0.2) is 46.1 Å². The second-order valence-corrected chi connectivity index (χ2v) is 6.17. The Morgan fingerprint density at radius 2 is 1.88 bits per heavy atom. The Morgan fingerprint density at radius 3 is 2.58 bits per heavy atom. The zero-order valence-electron chi connectivity index (χ0n) is 13.2. The van der Waals surface area contributed by atoms with Gasteiger partial charge < -0.3 is 20.1 Å². The highest BCUT2D eigenvalue weighted by atomic mass is 16.5. The third-order valence-electron chi connectivity index (χ3n) is 4.63. The van der Waals surface area contributed by atoms with Gasteiger partial charge in [-0.3, -0.25) is 4.79 Å². The lowest BCUT2D eigenvalue weighted by Gasteiger charge is -2.36. The summed E-state index contributed by atoms with van der Waals surface area (Å²) < 4.78 is 5.13. The van der Waals surface area contributed by atoms with E-state index in [-0.39, 0.29) is 18.6 Å². The lowest BCUT2D eigenvalue weighted by atomic mass is 9.98. The average Bonchev–Trinajstić information content (AvgIpc) is 3.02. The number of benzene rings is 1. The summed E-state index contributed by atoms with van der Waals surface area (Å²) in [5.41, 5.74) is 0.855. The van der Waals surface area contributed by atoms with Crippen LogP contribution in [0.3, 0.4) is 0 Å². The van der Waals surface area contributed by atoms with Gasteiger partial charge in [0.05, 0.1) is 0 Å². The Morgan fingerprint density at radius 1 is 1.17 bits per heavy atom. The van der Waals surface area contributed by atoms with E-state index in [0.717, 1.165) is 5.56 Å². The highest BCUT2D eigenvalue weighted by Crippen LogP contribution is 2.32. The van der Waals surface area contributed by atoms with Crippen LogP contribution in [0, 0.1) is 0 Å². The Labute approximate surface area is 139 Å². The number of nitrogens with one attached hydrogen (secondary N) is 1. The minimum absolute atomic E-state index is 0.0306. The van der Waals surface area contributed by atoms with E-state index < -0.39 is 24.1 Å². The van der Waals surface area contributed by atoms with Crippen molar-refractivity contribution >= 4 is 18.0 Å². The molecule has 2 saturated heterocycles. The number of hydrogen-bond donors (Lipinski definition) is 2. The molecule has 2 aliphatic heterocycles. The Bertz CT molecular complexity index is 633. The molecule has 2 heterocycles. The average molecular weight is 332 g/mol. The maximum atomic E-state index is 12.5. The van der Waals surface area contributed by atoms with Gasteiger partial charge >= 0.3 is 12.1 Å². The van der Waals surface area contributed by atoms with E-state index >= 15 is 0 Å². The first kappa shape index (κ1) is 16.3. The fourth-order valence-electron chi connectivity index (χ4n) is 3.45. The van der Waals surface area contributed by atoms with E-state index in [1.54, 1.807) is 0 Å². The van der Waals surface area contributed by atoms with Gasteiger partial charge in [0.25, 0.3) is 0 Å². The van der Waals surface area contributed by atoms with Crippen molar-refractivity contribution in [2.24, 2.45) is 0 Å². The fourth-order valence-corrected chi connectivity index (χ4v) is 3.45. The molecular formula is C17H20N2O5. The standard InChI is InChI=1S/C17H20N2O5/c20-15-13(8-6-12-7-9-14(16(21)22)19(12)15)18-17(23)24-10-11-4-2-1-3-5-11/h1-5,12-14H,6-10H2,(H,18,23)(H,21,22). The molecule has 24 heavy (non-hydrogen) atoms. The summed E-state index contributed by atoms with van der Waals surface area (Å²) in [4.78, 5) is 37.2. The van der Waals surface area contributed by atoms with Gasteiger partial charge in [0.2, 0.25) is 5.91 Å². The summed E-state index contributed by atoms with van der Waals surface area (Å²) in [6.07, 6.45) is 1.71. The van der Waals surface area contributed by atoms with Gasteiger partial charge in [0.1, 0.15) is 18.7 Å². The first-order chi connectivity index (χ1) is 11.6. The Hall–Kier alpha value is -2.57. The number of piperidine rings is 1. The summed E-state index contributed by atoms with van der Waals surface area (Å²) in [6.45, 7) is 0.123. The van der Waals surface area contributed by atoms with Crippen LogP contribution in [0.2, 0.25) is 0 Å². The molecule has 3 unspecified atom stereocenters. The Balaban J connectivity index is 1.56. The van der Waals surface area contributed by atoms with Crippen molar-refractivity contribution in [2.45, 2.75) is 50.4 Å². The van der Waals surface area contributed by atoms with Crippen molar-refractivity contribution in [1.82, 2.24) is 10.2 Å². The van der Waals surface area contributed by atoms with Crippen molar-refractivity contribution in [3.05, 3.63) is 35.9 Å². The number of carbonyl (C=O) groups is 3. The predicted molar refractivity (Wildman–Crippen MR) is 84.1 cm³/mol. The molecule has 2 fully saturated rings. The molecule has 2 N–H and O–H groups in total. The molecule has 1 aromatic rings. The van der Waals surface area contributed by atoms with Crippen LogP contribution in [0.25, 0.3) is 0 Å². The molecule has 0 aromatic heterocycles. The van der Waals surface area contributed by atoms with Gasteiger partial charge in [-0.2, -0.15) is 0 Å². The lowest BCUT2D eigenvalue weighted by Crippen LogP contribution is -2.57. The first-order valence-electron chi connectivity index (χ1n) is 8.08. The molecule has 1 aromatic carbocycles. The van der Waals surface area contributed by atoms with Crippen LogP contribution in [0.5, 0.6) is 0 Å². The molecule has 0 radical (unpaired) electrons. The van der Waals surface area contributed by atoms with Crippen LogP contribution in [0.1, 0.15) is 31.2 Å². The van der Waals surface area contributed by atoms with E-state index in [2.05, 4.69) is 5.32 Å². The van der Waals surface area contributed by atoms with Gasteiger partial charge in [-0.1, -0.05) is 30.3 Å². The highest BCUT2D eigenvalue weighted by Gasteiger charge is 2.46. The monoisotopic (exact) mass is 332 g/mol. The van der Waals surface area contributed by atoms with E-state index in [1.807, 2.05) is 30.3 Å². The molecule has 7 nitrogen and oxygen atoms in total. The van der Waals surface area contributed by atoms with Crippen molar-refractivity contribution in [2.75, 3.05) is 0 Å². The molecular weight excluding hydrogens is 312 g/mol. The molecule has 7 heteroatoms. The summed E-state index contributed by atoms with van der Waals surface area (Å²) >= 11 is 0. The predicted octanol–water partition coefficient (Wildman–Crippen LogP) is 1.52. The van der Waals surface area contributed by atoms with Gasteiger partial charge in [-0.25, -0.2) is 9.59 Å². The van der Waals surface area contributed by atoms with E-state index in [1.165, 1.54) is 4.90 Å². The van der Waals surface area contributed by atoms with E-state index in [0.29, 0.717) is 25.7 Å². The molecule has 0 aliphatic carbocycles. The summed E-state index contributed by atoms with van der Waals surface area (Å²) in [7, 11) is 0.